The first-order chi connectivity index (χ1) is 16.2. The Morgan fingerprint density at radius 2 is 1.94 bits per heavy atom. The van der Waals surface area contributed by atoms with E-state index in [1.165, 1.54) is 0 Å². The van der Waals surface area contributed by atoms with Crippen LogP contribution in [-0.2, 0) is 16.0 Å². The van der Waals surface area contributed by atoms with Gasteiger partial charge in [-0.2, -0.15) is 0 Å². The number of piperidine rings is 1. The number of carbonyl (C=O) groups is 2. The third-order valence-corrected chi connectivity index (χ3v) is 7.25. The van der Waals surface area contributed by atoms with Gasteiger partial charge in [0.2, 0.25) is 11.8 Å². The van der Waals surface area contributed by atoms with Crippen LogP contribution in [0.15, 0.2) is 24.3 Å². The smallest absolute Gasteiger partial charge is 0.245 e. The fraction of sp³-hybridized carbons (Fsp3) is 0.654. The van der Waals surface area contributed by atoms with Crippen LogP contribution in [0.25, 0.3) is 0 Å². The third-order valence-electron chi connectivity index (χ3n) is 7.02. The summed E-state index contributed by atoms with van der Waals surface area (Å²) >= 11 is 5.26. The number of amides is 2. The lowest BCUT2D eigenvalue weighted by molar-refractivity contribution is -0.138. The molecule has 0 bridgehead atoms. The molecule has 188 valence electrons. The normalized spacial score (nSPS) is 22.1. The zero-order valence-electron chi connectivity index (χ0n) is 21.2. The Balaban J connectivity index is 1.69. The average Bonchev–Trinajstić information content (AvgIpc) is 2.81. The summed E-state index contributed by atoms with van der Waals surface area (Å²) in [5.74, 6) is 1.79. The van der Waals surface area contributed by atoms with Crippen LogP contribution in [0.3, 0.4) is 0 Å². The lowest BCUT2D eigenvalue weighted by atomic mass is 9.84. The fourth-order valence-electron chi connectivity index (χ4n) is 5.12. The van der Waals surface area contributed by atoms with Crippen LogP contribution in [-0.4, -0.2) is 72.1 Å². The average molecular weight is 489 g/mol. The van der Waals surface area contributed by atoms with Crippen molar-refractivity contribution in [3.63, 3.8) is 0 Å². The molecule has 0 aromatic heterocycles. The molecule has 3 rings (SSSR count). The standard InChI is InChI=1S/C26H40N4O3S/c1-17(2)13-24(31)29(4)23(16-19-7-6-8-21(15-19)33-5)20-9-11-30(12-10-20)25(32)22-14-18(3)27-26(34)28-22/h6-8,15,17-18,20,22-23H,9-14,16H2,1-5H3,(H2,27,28,34)/t18-,22+,23?/m1/s1. The quantitative estimate of drug-likeness (QED) is 0.548. The Kier molecular flexibility index (Phi) is 9.17. The zero-order chi connectivity index (χ0) is 24.8. The molecular weight excluding hydrogens is 448 g/mol. The summed E-state index contributed by atoms with van der Waals surface area (Å²) in [5.41, 5.74) is 1.16. The molecule has 1 unspecified atom stereocenters. The minimum Gasteiger partial charge on any atom is -0.497 e. The SMILES string of the molecule is COc1cccc(CC(C2CCN(C(=O)[C@@H]3C[C@@H](C)NC(=S)N3)CC2)N(C)C(=O)CC(C)C)c1. The molecular formula is C26H40N4O3S. The summed E-state index contributed by atoms with van der Waals surface area (Å²) in [6.45, 7) is 7.61. The van der Waals surface area contributed by atoms with E-state index in [4.69, 9.17) is 17.0 Å². The number of thiocarbonyl (C=S) groups is 1. The molecule has 0 saturated carbocycles. The van der Waals surface area contributed by atoms with Crippen molar-refractivity contribution in [2.24, 2.45) is 11.8 Å². The highest BCUT2D eigenvalue weighted by atomic mass is 32.1. The summed E-state index contributed by atoms with van der Waals surface area (Å²) in [6.07, 6.45) is 3.80. The number of benzene rings is 1. The van der Waals surface area contributed by atoms with Gasteiger partial charge in [-0.25, -0.2) is 0 Å². The van der Waals surface area contributed by atoms with Gasteiger partial charge in [0.1, 0.15) is 11.8 Å². The van der Waals surface area contributed by atoms with Gasteiger partial charge in [-0.3, -0.25) is 9.59 Å². The topological polar surface area (TPSA) is 73.9 Å². The van der Waals surface area contributed by atoms with Gasteiger partial charge in [0.05, 0.1) is 7.11 Å². The number of rotatable bonds is 8. The second-order valence-corrected chi connectivity index (χ2v) is 10.6. The van der Waals surface area contributed by atoms with Crippen molar-refractivity contribution in [3.8, 4) is 5.75 Å². The van der Waals surface area contributed by atoms with Crippen molar-refractivity contribution in [3.05, 3.63) is 29.8 Å². The Morgan fingerprint density at radius 3 is 2.56 bits per heavy atom. The summed E-state index contributed by atoms with van der Waals surface area (Å²) in [7, 11) is 3.61. The van der Waals surface area contributed by atoms with Gasteiger partial charge in [0.15, 0.2) is 5.11 Å². The highest BCUT2D eigenvalue weighted by molar-refractivity contribution is 7.80. The van der Waals surface area contributed by atoms with E-state index < -0.39 is 0 Å². The molecule has 0 spiro atoms. The lowest BCUT2D eigenvalue weighted by Gasteiger charge is -2.42. The number of hydrogen-bond donors (Lipinski definition) is 2. The van der Waals surface area contributed by atoms with E-state index in [0.717, 1.165) is 37.0 Å². The molecule has 34 heavy (non-hydrogen) atoms. The monoisotopic (exact) mass is 488 g/mol. The first kappa shape index (κ1) is 26.3. The Morgan fingerprint density at radius 1 is 1.24 bits per heavy atom. The number of ether oxygens (including phenoxy) is 1. The maximum atomic E-state index is 13.1. The van der Waals surface area contributed by atoms with Crippen molar-refractivity contribution in [2.45, 2.75) is 71.0 Å². The number of hydrogen-bond acceptors (Lipinski definition) is 4. The molecule has 3 atom stereocenters. The number of methoxy groups -OCH3 is 1. The van der Waals surface area contributed by atoms with E-state index in [-0.39, 0.29) is 29.9 Å². The van der Waals surface area contributed by atoms with Crippen LogP contribution >= 0.6 is 12.2 Å². The van der Waals surface area contributed by atoms with Gasteiger partial charge < -0.3 is 25.2 Å². The van der Waals surface area contributed by atoms with E-state index in [0.29, 0.717) is 36.5 Å². The number of likely N-dealkylation sites (N-methyl/N-ethyl adjacent to an activating group) is 1. The number of nitrogens with one attached hydrogen (secondary N) is 2. The molecule has 2 heterocycles. The van der Waals surface area contributed by atoms with Crippen molar-refractivity contribution in [2.75, 3.05) is 27.2 Å². The first-order valence-electron chi connectivity index (χ1n) is 12.4. The fourth-order valence-corrected chi connectivity index (χ4v) is 5.47. The van der Waals surface area contributed by atoms with Crippen molar-refractivity contribution >= 4 is 29.1 Å². The van der Waals surface area contributed by atoms with Crippen LogP contribution in [0.5, 0.6) is 5.75 Å². The van der Waals surface area contributed by atoms with Crippen molar-refractivity contribution in [1.29, 1.82) is 0 Å². The van der Waals surface area contributed by atoms with Gasteiger partial charge in [0, 0.05) is 38.6 Å². The molecule has 2 aliphatic heterocycles. The first-order valence-corrected chi connectivity index (χ1v) is 12.8. The molecule has 0 radical (unpaired) electrons. The number of carbonyl (C=O) groups excluding carboxylic acids is 2. The van der Waals surface area contributed by atoms with Gasteiger partial charge >= 0.3 is 0 Å². The maximum Gasteiger partial charge on any atom is 0.245 e. The predicted molar refractivity (Wildman–Crippen MR) is 139 cm³/mol. The lowest BCUT2D eigenvalue weighted by Crippen LogP contribution is -2.60. The predicted octanol–water partition coefficient (Wildman–Crippen LogP) is 2.97. The van der Waals surface area contributed by atoms with Crippen LogP contribution in [0.1, 0.15) is 52.0 Å². The van der Waals surface area contributed by atoms with E-state index >= 15 is 0 Å². The number of likely N-dealkylation sites (tertiary alicyclic amines) is 1. The molecule has 2 aliphatic rings. The largest absolute Gasteiger partial charge is 0.497 e. The molecule has 7 nitrogen and oxygen atoms in total. The van der Waals surface area contributed by atoms with Gasteiger partial charge in [-0.1, -0.05) is 26.0 Å². The molecule has 2 fully saturated rings. The van der Waals surface area contributed by atoms with E-state index in [2.05, 4.69) is 36.6 Å². The summed E-state index contributed by atoms with van der Waals surface area (Å²) in [6, 6.07) is 8.11. The minimum atomic E-state index is -0.261. The second-order valence-electron chi connectivity index (χ2n) is 10.2. The molecule has 2 saturated heterocycles. The highest BCUT2D eigenvalue weighted by Gasteiger charge is 2.36. The summed E-state index contributed by atoms with van der Waals surface area (Å²) < 4.78 is 5.41. The molecule has 2 N–H and O–H groups in total. The third kappa shape index (κ3) is 6.84. The van der Waals surface area contributed by atoms with Crippen LogP contribution in [0.4, 0.5) is 0 Å². The molecule has 0 aliphatic carbocycles. The molecule has 1 aromatic rings. The van der Waals surface area contributed by atoms with Crippen LogP contribution in [0, 0.1) is 11.8 Å². The van der Waals surface area contributed by atoms with Crippen molar-refractivity contribution in [1.82, 2.24) is 20.4 Å². The molecule has 2 amide bonds. The Hall–Kier alpha value is -2.35. The zero-order valence-corrected chi connectivity index (χ0v) is 22.0. The van der Waals surface area contributed by atoms with E-state index in [1.54, 1.807) is 7.11 Å². The maximum absolute atomic E-state index is 13.1. The summed E-state index contributed by atoms with van der Waals surface area (Å²) in [4.78, 5) is 30.1. The number of nitrogens with zero attached hydrogens (tertiary/aromatic N) is 2. The van der Waals surface area contributed by atoms with Crippen LogP contribution in [0.2, 0.25) is 0 Å². The Bertz CT molecular complexity index is 869. The molecule has 1 aromatic carbocycles. The van der Waals surface area contributed by atoms with Crippen molar-refractivity contribution < 1.29 is 14.3 Å². The van der Waals surface area contributed by atoms with E-state index in [1.807, 2.05) is 35.9 Å². The minimum absolute atomic E-state index is 0.0835. The van der Waals surface area contributed by atoms with Gasteiger partial charge in [0.25, 0.3) is 0 Å². The van der Waals surface area contributed by atoms with E-state index in [9.17, 15) is 9.59 Å². The van der Waals surface area contributed by atoms with Gasteiger partial charge in [-0.15, -0.1) is 0 Å². The van der Waals surface area contributed by atoms with Gasteiger partial charge in [-0.05, 0) is 74.4 Å². The summed E-state index contributed by atoms with van der Waals surface area (Å²) in [5, 5.41) is 6.85. The second kappa shape index (κ2) is 11.9. The van der Waals surface area contributed by atoms with Crippen LogP contribution < -0.4 is 15.4 Å². The Labute approximate surface area is 209 Å². The molecule has 8 heteroatoms. The highest BCUT2D eigenvalue weighted by Crippen LogP contribution is 2.28.